The molecule has 0 unspecified atom stereocenters. The van der Waals surface area contributed by atoms with Crippen molar-refractivity contribution in [2.45, 2.75) is 30.2 Å². The summed E-state index contributed by atoms with van der Waals surface area (Å²) in [7, 11) is -3.53. The Morgan fingerprint density at radius 1 is 1.17 bits per heavy atom. The van der Waals surface area contributed by atoms with E-state index >= 15 is 0 Å². The molecule has 4 rings (SSSR count). The van der Waals surface area contributed by atoms with Gasteiger partial charge in [0.15, 0.2) is 0 Å². The monoisotopic (exact) mass is 335 g/mol. The first-order valence-electron chi connectivity index (χ1n) is 8.21. The average molecular weight is 335 g/mol. The fraction of sp³-hybridized carbons (Fsp3) is 0.562. The summed E-state index contributed by atoms with van der Waals surface area (Å²) in [5.74, 6) is -0.177. The van der Waals surface area contributed by atoms with Crippen LogP contribution in [0.4, 0.5) is 0 Å². The van der Waals surface area contributed by atoms with Gasteiger partial charge < -0.3 is 5.32 Å². The van der Waals surface area contributed by atoms with Crippen molar-refractivity contribution in [2.24, 2.45) is 0 Å². The molecule has 0 aromatic heterocycles. The molecule has 6 nitrogen and oxygen atoms in total. The minimum atomic E-state index is -3.53. The SMILES string of the molecule is O=C1NCCc2ccc(S(=O)(=O)N3CCN4CCC[C@@H]4C3)cc21. The van der Waals surface area contributed by atoms with E-state index in [0.717, 1.165) is 37.9 Å². The second kappa shape index (κ2) is 5.58. The van der Waals surface area contributed by atoms with Crippen molar-refractivity contribution in [1.29, 1.82) is 0 Å². The van der Waals surface area contributed by atoms with Crippen LogP contribution in [0.25, 0.3) is 0 Å². The van der Waals surface area contributed by atoms with E-state index in [1.54, 1.807) is 22.5 Å². The maximum Gasteiger partial charge on any atom is 0.251 e. The maximum atomic E-state index is 12.9. The summed E-state index contributed by atoms with van der Waals surface area (Å²) in [6.07, 6.45) is 2.97. The fourth-order valence-corrected chi connectivity index (χ4v) is 5.38. The Kier molecular flexibility index (Phi) is 3.66. The molecule has 3 heterocycles. The van der Waals surface area contributed by atoms with E-state index in [9.17, 15) is 13.2 Å². The molecule has 124 valence electrons. The third-order valence-electron chi connectivity index (χ3n) is 5.19. The summed E-state index contributed by atoms with van der Waals surface area (Å²) >= 11 is 0. The Bertz CT molecular complexity index is 747. The summed E-state index contributed by atoms with van der Waals surface area (Å²) in [6, 6.07) is 5.32. The number of carbonyl (C=O) groups excluding carboxylic acids is 1. The highest BCUT2D eigenvalue weighted by Gasteiger charge is 2.36. The minimum absolute atomic E-state index is 0.177. The third-order valence-corrected chi connectivity index (χ3v) is 7.05. The van der Waals surface area contributed by atoms with Gasteiger partial charge in [-0.25, -0.2) is 8.42 Å². The summed E-state index contributed by atoms with van der Waals surface area (Å²) in [4.78, 5) is 14.6. The van der Waals surface area contributed by atoms with Gasteiger partial charge >= 0.3 is 0 Å². The minimum Gasteiger partial charge on any atom is -0.352 e. The lowest BCUT2D eigenvalue weighted by molar-refractivity contribution is 0.0945. The van der Waals surface area contributed by atoms with Gasteiger partial charge in [0, 0.05) is 37.8 Å². The Morgan fingerprint density at radius 2 is 2.04 bits per heavy atom. The number of fused-ring (bicyclic) bond motifs is 2. The van der Waals surface area contributed by atoms with Crippen LogP contribution in [0.1, 0.15) is 28.8 Å². The van der Waals surface area contributed by atoms with Crippen molar-refractivity contribution in [2.75, 3.05) is 32.7 Å². The standard InChI is InChI=1S/C16H21N3O3S/c20-16-15-10-14(4-3-12(15)5-6-17-16)23(21,22)19-9-8-18-7-1-2-13(18)11-19/h3-4,10,13H,1-2,5-9,11H2,(H,17,20)/t13-/m1/s1. The molecule has 2 saturated heterocycles. The zero-order chi connectivity index (χ0) is 16.0. The van der Waals surface area contributed by atoms with E-state index in [0.29, 0.717) is 31.2 Å². The molecule has 0 spiro atoms. The molecule has 1 amide bonds. The number of hydrogen-bond acceptors (Lipinski definition) is 4. The largest absolute Gasteiger partial charge is 0.352 e. The lowest BCUT2D eigenvalue weighted by atomic mass is 10.0. The second-order valence-corrected chi connectivity index (χ2v) is 8.46. The Morgan fingerprint density at radius 3 is 2.91 bits per heavy atom. The number of benzene rings is 1. The first-order chi connectivity index (χ1) is 11.1. The lowest BCUT2D eigenvalue weighted by Crippen LogP contribution is -2.51. The highest BCUT2D eigenvalue weighted by Crippen LogP contribution is 2.27. The van der Waals surface area contributed by atoms with Gasteiger partial charge in [0.2, 0.25) is 10.0 Å². The maximum absolute atomic E-state index is 12.9. The molecule has 0 radical (unpaired) electrons. The number of nitrogens with one attached hydrogen (secondary N) is 1. The van der Waals surface area contributed by atoms with E-state index in [1.807, 2.05) is 0 Å². The molecule has 23 heavy (non-hydrogen) atoms. The van der Waals surface area contributed by atoms with Crippen molar-refractivity contribution >= 4 is 15.9 Å². The number of amides is 1. The quantitative estimate of drug-likeness (QED) is 0.851. The number of carbonyl (C=O) groups is 1. The van der Waals surface area contributed by atoms with Gasteiger partial charge in [0.25, 0.3) is 5.91 Å². The van der Waals surface area contributed by atoms with Gasteiger partial charge in [-0.3, -0.25) is 9.69 Å². The molecule has 7 heteroatoms. The van der Waals surface area contributed by atoms with Gasteiger partial charge in [-0.1, -0.05) is 6.07 Å². The van der Waals surface area contributed by atoms with Crippen molar-refractivity contribution < 1.29 is 13.2 Å². The van der Waals surface area contributed by atoms with Crippen molar-refractivity contribution in [3.05, 3.63) is 29.3 Å². The summed E-state index contributed by atoms with van der Waals surface area (Å²) in [6.45, 7) is 3.59. The van der Waals surface area contributed by atoms with Crippen LogP contribution in [-0.4, -0.2) is 62.3 Å². The predicted molar refractivity (Wildman–Crippen MR) is 85.8 cm³/mol. The van der Waals surface area contributed by atoms with Crippen LogP contribution in [0.3, 0.4) is 0 Å². The average Bonchev–Trinajstić information content (AvgIpc) is 3.02. The normalized spacial score (nSPS) is 25.7. The Labute approximate surface area is 136 Å². The molecule has 1 aromatic rings. The van der Waals surface area contributed by atoms with E-state index in [4.69, 9.17) is 0 Å². The zero-order valence-electron chi connectivity index (χ0n) is 13.0. The van der Waals surface area contributed by atoms with Gasteiger partial charge in [-0.15, -0.1) is 0 Å². The number of hydrogen-bond donors (Lipinski definition) is 1. The molecule has 1 N–H and O–H groups in total. The van der Waals surface area contributed by atoms with E-state index in [-0.39, 0.29) is 10.8 Å². The summed E-state index contributed by atoms with van der Waals surface area (Å²) < 4.78 is 27.5. The molecule has 1 aromatic carbocycles. The second-order valence-electron chi connectivity index (χ2n) is 6.52. The molecule has 3 aliphatic heterocycles. The smallest absolute Gasteiger partial charge is 0.251 e. The Balaban J connectivity index is 1.64. The first-order valence-corrected chi connectivity index (χ1v) is 9.65. The van der Waals surface area contributed by atoms with Crippen LogP contribution in [0.2, 0.25) is 0 Å². The van der Waals surface area contributed by atoms with Crippen LogP contribution < -0.4 is 5.32 Å². The highest BCUT2D eigenvalue weighted by molar-refractivity contribution is 7.89. The Hall–Kier alpha value is -1.44. The van der Waals surface area contributed by atoms with Crippen LogP contribution in [0.15, 0.2) is 23.1 Å². The van der Waals surface area contributed by atoms with Crippen molar-refractivity contribution in [1.82, 2.24) is 14.5 Å². The number of nitrogens with zero attached hydrogens (tertiary/aromatic N) is 2. The van der Waals surface area contributed by atoms with E-state index < -0.39 is 10.0 Å². The molecule has 3 aliphatic rings. The zero-order valence-corrected chi connectivity index (χ0v) is 13.8. The highest BCUT2D eigenvalue weighted by atomic mass is 32.2. The predicted octanol–water partition coefficient (Wildman–Crippen LogP) is 0.441. The van der Waals surface area contributed by atoms with Gasteiger partial charge in [0.05, 0.1) is 4.90 Å². The first kappa shape index (κ1) is 15.1. The van der Waals surface area contributed by atoms with Crippen LogP contribution in [0.5, 0.6) is 0 Å². The van der Waals surface area contributed by atoms with Crippen LogP contribution in [-0.2, 0) is 16.4 Å². The number of sulfonamides is 1. The molecule has 0 bridgehead atoms. The molecule has 2 fully saturated rings. The molecular weight excluding hydrogens is 314 g/mol. The third kappa shape index (κ3) is 2.56. The van der Waals surface area contributed by atoms with Crippen molar-refractivity contribution in [3.63, 3.8) is 0 Å². The van der Waals surface area contributed by atoms with Gasteiger partial charge in [-0.2, -0.15) is 4.31 Å². The summed E-state index contributed by atoms with van der Waals surface area (Å²) in [5.41, 5.74) is 1.42. The van der Waals surface area contributed by atoms with Gasteiger partial charge in [-0.05, 0) is 43.5 Å². The van der Waals surface area contributed by atoms with E-state index in [1.165, 1.54) is 0 Å². The topological polar surface area (TPSA) is 69.7 Å². The lowest BCUT2D eigenvalue weighted by Gasteiger charge is -2.36. The van der Waals surface area contributed by atoms with Crippen LogP contribution in [0, 0.1) is 0 Å². The summed E-state index contributed by atoms with van der Waals surface area (Å²) in [5, 5.41) is 2.77. The van der Waals surface area contributed by atoms with E-state index in [2.05, 4.69) is 10.2 Å². The number of rotatable bonds is 2. The fourth-order valence-electron chi connectivity index (χ4n) is 3.88. The molecule has 0 saturated carbocycles. The van der Waals surface area contributed by atoms with Crippen LogP contribution >= 0.6 is 0 Å². The van der Waals surface area contributed by atoms with Gasteiger partial charge in [0.1, 0.15) is 0 Å². The van der Waals surface area contributed by atoms with Crippen molar-refractivity contribution in [3.8, 4) is 0 Å². The molecular formula is C16H21N3O3S. The molecule has 1 atom stereocenters. The molecule has 0 aliphatic carbocycles. The number of piperazine rings is 1.